The number of nitrogens with zero attached hydrogens (tertiary/aromatic N) is 3. The van der Waals surface area contributed by atoms with Crippen LogP contribution in [0, 0.1) is 0 Å². The van der Waals surface area contributed by atoms with Gasteiger partial charge in [0, 0.05) is 18.5 Å². The molecule has 0 atom stereocenters. The van der Waals surface area contributed by atoms with Crippen LogP contribution in [0.4, 0.5) is 0 Å². The second-order valence-electron chi connectivity index (χ2n) is 8.23. The molecule has 0 aliphatic rings. The summed E-state index contributed by atoms with van der Waals surface area (Å²) >= 11 is 0. The number of aromatic nitrogens is 3. The van der Waals surface area contributed by atoms with Crippen LogP contribution in [0.1, 0.15) is 23.6 Å². The van der Waals surface area contributed by atoms with Crippen molar-refractivity contribution in [3.63, 3.8) is 0 Å². The minimum atomic E-state index is 0.410. The van der Waals surface area contributed by atoms with Crippen LogP contribution in [0.3, 0.4) is 0 Å². The summed E-state index contributed by atoms with van der Waals surface area (Å²) in [5, 5.41) is 5.90. The molecule has 0 bridgehead atoms. The van der Waals surface area contributed by atoms with Crippen molar-refractivity contribution in [3.05, 3.63) is 108 Å². The van der Waals surface area contributed by atoms with Crippen molar-refractivity contribution in [2.75, 3.05) is 0 Å². The van der Waals surface area contributed by atoms with Crippen molar-refractivity contribution >= 4 is 10.9 Å². The predicted octanol–water partition coefficient (Wildman–Crippen LogP) is 6.36. The Kier molecular flexibility index (Phi) is 6.25. The normalized spacial score (nSPS) is 11.0. The maximum atomic E-state index is 6.23. The number of benzene rings is 3. The van der Waals surface area contributed by atoms with Gasteiger partial charge in [0.15, 0.2) is 0 Å². The molecular formula is C29H27N3O2. The zero-order valence-corrected chi connectivity index (χ0v) is 19.4. The number of hydrogen-bond donors (Lipinski definition) is 0. The number of hydrogen-bond acceptors (Lipinski definition) is 4. The van der Waals surface area contributed by atoms with Crippen molar-refractivity contribution in [2.24, 2.45) is 7.05 Å². The molecule has 0 aliphatic carbocycles. The van der Waals surface area contributed by atoms with Gasteiger partial charge in [-0.15, -0.1) is 0 Å². The molecule has 2 aromatic heterocycles. The van der Waals surface area contributed by atoms with Crippen molar-refractivity contribution in [2.45, 2.75) is 26.6 Å². The summed E-state index contributed by atoms with van der Waals surface area (Å²) in [6.07, 6.45) is 0.983. The summed E-state index contributed by atoms with van der Waals surface area (Å²) < 4.78 is 14.1. The molecule has 5 nitrogen and oxygen atoms in total. The fourth-order valence-electron chi connectivity index (χ4n) is 3.97. The van der Waals surface area contributed by atoms with Crippen LogP contribution in [0.5, 0.6) is 11.8 Å². The molecule has 0 amide bonds. The van der Waals surface area contributed by atoms with Crippen LogP contribution in [0.2, 0.25) is 0 Å². The Labute approximate surface area is 199 Å². The third kappa shape index (κ3) is 4.64. The highest BCUT2D eigenvalue weighted by Gasteiger charge is 2.18. The molecule has 0 radical (unpaired) electrons. The second-order valence-corrected chi connectivity index (χ2v) is 8.23. The monoisotopic (exact) mass is 449 g/mol. The van der Waals surface area contributed by atoms with E-state index >= 15 is 0 Å². The van der Waals surface area contributed by atoms with Gasteiger partial charge >= 0.3 is 0 Å². The maximum absolute atomic E-state index is 6.23. The molecule has 0 saturated carbocycles. The first-order valence-electron chi connectivity index (χ1n) is 11.5. The van der Waals surface area contributed by atoms with Gasteiger partial charge in [-0.2, -0.15) is 10.1 Å². The van der Waals surface area contributed by atoms with Gasteiger partial charge < -0.3 is 9.47 Å². The van der Waals surface area contributed by atoms with E-state index < -0.39 is 0 Å². The van der Waals surface area contributed by atoms with Gasteiger partial charge in [-0.3, -0.25) is 4.68 Å². The van der Waals surface area contributed by atoms with Gasteiger partial charge in [-0.05, 0) is 35.2 Å². The van der Waals surface area contributed by atoms with Crippen LogP contribution in [0.25, 0.3) is 22.2 Å². The topological polar surface area (TPSA) is 49.2 Å². The summed E-state index contributed by atoms with van der Waals surface area (Å²) in [6, 6.07) is 30.5. The van der Waals surface area contributed by atoms with Crippen molar-refractivity contribution < 1.29 is 9.47 Å². The fourth-order valence-corrected chi connectivity index (χ4v) is 3.97. The molecule has 0 saturated heterocycles. The van der Waals surface area contributed by atoms with Crippen molar-refractivity contribution in [1.29, 1.82) is 0 Å². The third-order valence-corrected chi connectivity index (χ3v) is 5.86. The average Bonchev–Trinajstić information content (AvgIpc) is 3.22. The van der Waals surface area contributed by atoms with E-state index in [0.29, 0.717) is 25.0 Å². The summed E-state index contributed by atoms with van der Waals surface area (Å²) in [5.74, 6) is 1.03. The van der Waals surface area contributed by atoms with E-state index in [-0.39, 0.29) is 0 Å². The van der Waals surface area contributed by atoms with Gasteiger partial charge in [0.25, 0.3) is 0 Å². The van der Waals surface area contributed by atoms with E-state index in [1.54, 1.807) is 0 Å². The summed E-state index contributed by atoms with van der Waals surface area (Å²) in [4.78, 5) is 4.74. The lowest BCUT2D eigenvalue weighted by atomic mass is 10.1. The van der Waals surface area contributed by atoms with Crippen molar-refractivity contribution in [1.82, 2.24) is 14.8 Å². The number of rotatable bonds is 8. The summed E-state index contributed by atoms with van der Waals surface area (Å²) in [5.41, 5.74) is 6.23. The fraction of sp³-hybridized carbons (Fsp3) is 0.172. The van der Waals surface area contributed by atoms with Crippen LogP contribution in [-0.4, -0.2) is 14.8 Å². The zero-order chi connectivity index (χ0) is 23.3. The highest BCUT2D eigenvalue weighted by atomic mass is 16.5. The molecular weight excluding hydrogens is 422 g/mol. The number of pyridine rings is 1. The Morgan fingerprint density at radius 1 is 0.735 bits per heavy atom. The highest BCUT2D eigenvalue weighted by Crippen LogP contribution is 2.35. The quantitative estimate of drug-likeness (QED) is 0.277. The number of ether oxygens (including phenoxy) is 2. The predicted molar refractivity (Wildman–Crippen MR) is 135 cm³/mol. The molecule has 34 heavy (non-hydrogen) atoms. The number of aryl methyl sites for hydroxylation is 2. The molecule has 5 heteroatoms. The lowest BCUT2D eigenvalue weighted by Gasteiger charge is -2.12. The Bertz CT molecular complexity index is 1400. The molecule has 5 aromatic rings. The van der Waals surface area contributed by atoms with E-state index in [1.807, 2.05) is 84.5 Å². The molecule has 0 spiro atoms. The van der Waals surface area contributed by atoms with E-state index in [4.69, 9.17) is 19.6 Å². The largest absolute Gasteiger partial charge is 0.473 e. The Balaban J connectivity index is 1.51. The Morgan fingerprint density at radius 3 is 2.09 bits per heavy atom. The van der Waals surface area contributed by atoms with Gasteiger partial charge in [0.1, 0.15) is 18.9 Å². The first-order chi connectivity index (χ1) is 16.7. The van der Waals surface area contributed by atoms with Crippen LogP contribution < -0.4 is 9.47 Å². The minimum Gasteiger partial charge on any atom is -0.473 e. The SMILES string of the molecule is CCc1ccc2c(-c3ccc(OCc4ccccc4)nc3OCc3ccccc3)nn(C)c2c1. The maximum Gasteiger partial charge on any atom is 0.226 e. The molecule has 2 heterocycles. The molecule has 3 aromatic carbocycles. The number of fused-ring (bicyclic) bond motifs is 1. The average molecular weight is 450 g/mol. The zero-order valence-electron chi connectivity index (χ0n) is 19.4. The molecule has 170 valence electrons. The molecule has 0 aliphatic heterocycles. The minimum absolute atomic E-state index is 0.410. The van der Waals surface area contributed by atoms with Crippen LogP contribution in [0.15, 0.2) is 91.0 Å². The van der Waals surface area contributed by atoms with Gasteiger partial charge in [0.05, 0.1) is 11.1 Å². The Hall–Kier alpha value is -4.12. The summed E-state index contributed by atoms with van der Waals surface area (Å²) in [7, 11) is 1.97. The molecule has 0 fully saturated rings. The lowest BCUT2D eigenvalue weighted by molar-refractivity contribution is 0.268. The standard InChI is InChI=1S/C29H27N3O2/c1-3-21-14-15-24-26(18-21)32(2)31-28(24)25-16-17-27(33-19-22-10-6-4-7-11-22)30-29(25)34-20-23-12-8-5-9-13-23/h4-18H,3,19-20H2,1-2H3. The van der Waals surface area contributed by atoms with Gasteiger partial charge in [-0.1, -0.05) is 79.7 Å². The first kappa shape index (κ1) is 21.7. The lowest BCUT2D eigenvalue weighted by Crippen LogP contribution is -2.02. The Morgan fingerprint density at radius 2 is 1.41 bits per heavy atom. The molecule has 0 N–H and O–H groups in total. The third-order valence-electron chi connectivity index (χ3n) is 5.86. The van der Waals surface area contributed by atoms with E-state index in [9.17, 15) is 0 Å². The van der Waals surface area contributed by atoms with Gasteiger partial charge in [0.2, 0.25) is 11.8 Å². The second kappa shape index (κ2) is 9.79. The van der Waals surface area contributed by atoms with Crippen LogP contribution in [-0.2, 0) is 26.7 Å². The van der Waals surface area contributed by atoms with E-state index in [0.717, 1.165) is 39.7 Å². The first-order valence-corrected chi connectivity index (χ1v) is 11.5. The van der Waals surface area contributed by atoms with Crippen molar-refractivity contribution in [3.8, 4) is 23.0 Å². The molecule has 5 rings (SSSR count). The summed E-state index contributed by atoms with van der Waals surface area (Å²) in [6.45, 7) is 3.01. The molecule has 0 unspecified atom stereocenters. The van der Waals surface area contributed by atoms with Crippen LogP contribution >= 0.6 is 0 Å². The van der Waals surface area contributed by atoms with E-state index in [1.165, 1.54) is 5.56 Å². The smallest absolute Gasteiger partial charge is 0.226 e. The van der Waals surface area contributed by atoms with Gasteiger partial charge in [-0.25, -0.2) is 0 Å². The van der Waals surface area contributed by atoms with E-state index in [2.05, 4.69) is 25.1 Å². The highest BCUT2D eigenvalue weighted by molar-refractivity contribution is 5.94.